The molecule has 0 aliphatic rings. The molecule has 3 nitrogen and oxygen atoms in total. The third-order valence-electron chi connectivity index (χ3n) is 4.46. The molecule has 0 radical (unpaired) electrons. The number of rotatable bonds is 6. The summed E-state index contributed by atoms with van der Waals surface area (Å²) in [5, 5.41) is 8.14. The molecule has 3 heteroatoms. The zero-order valence-electron chi connectivity index (χ0n) is 15.3. The Hall–Kier alpha value is -2.29. The maximum absolute atomic E-state index is 8.14. The molecule has 128 valence electrons. The summed E-state index contributed by atoms with van der Waals surface area (Å²) in [6.07, 6.45) is 3.90. The number of guanidine groups is 1. The topological polar surface area (TPSA) is 53.1 Å². The van der Waals surface area contributed by atoms with Crippen molar-refractivity contribution in [1.82, 2.24) is 0 Å². The molecule has 0 aliphatic carbocycles. The number of anilines is 2. The molecule has 2 aromatic carbocycles. The minimum Gasteiger partial charge on any atom is -0.369 e. The molecular weight excluding hydrogens is 294 g/mol. The lowest BCUT2D eigenvalue weighted by molar-refractivity contribution is 1.07. The molecule has 24 heavy (non-hydrogen) atoms. The highest BCUT2D eigenvalue weighted by Gasteiger charge is 2.15. The molecule has 0 unspecified atom stereocenters. The number of nitrogens with one attached hydrogen (secondary N) is 1. The van der Waals surface area contributed by atoms with Crippen LogP contribution in [0.2, 0.25) is 0 Å². The van der Waals surface area contributed by atoms with Crippen LogP contribution in [-0.2, 0) is 25.7 Å². The molecule has 2 aromatic rings. The van der Waals surface area contributed by atoms with E-state index in [0.717, 1.165) is 37.1 Å². The molecule has 0 heterocycles. The second-order valence-corrected chi connectivity index (χ2v) is 6.15. The lowest BCUT2D eigenvalue weighted by Gasteiger charge is -2.25. The molecule has 0 fully saturated rings. The number of hydrogen-bond donors (Lipinski definition) is 2. The van der Waals surface area contributed by atoms with Crippen molar-refractivity contribution in [2.45, 2.75) is 53.4 Å². The van der Waals surface area contributed by atoms with Crippen molar-refractivity contribution in [3.05, 3.63) is 58.7 Å². The zero-order valence-corrected chi connectivity index (χ0v) is 15.3. The van der Waals surface area contributed by atoms with Crippen LogP contribution in [0, 0.1) is 5.41 Å². The van der Waals surface area contributed by atoms with Crippen LogP contribution in [-0.4, -0.2) is 5.96 Å². The van der Waals surface area contributed by atoms with Crippen LogP contribution < -0.4 is 10.6 Å². The van der Waals surface area contributed by atoms with E-state index in [1.54, 1.807) is 0 Å². The maximum Gasteiger partial charge on any atom is 0.197 e. The summed E-state index contributed by atoms with van der Waals surface area (Å²) >= 11 is 0. The maximum atomic E-state index is 8.14. The minimum atomic E-state index is 0.0561. The Morgan fingerprint density at radius 2 is 1.00 bits per heavy atom. The Morgan fingerprint density at radius 1 is 0.708 bits per heavy atom. The van der Waals surface area contributed by atoms with Crippen LogP contribution in [0.4, 0.5) is 11.4 Å². The molecule has 0 bridgehead atoms. The molecule has 2 rings (SSSR count). The molecular formula is C21H29N3. The molecule has 0 saturated heterocycles. The molecule has 3 N–H and O–H groups in total. The average molecular weight is 323 g/mol. The Bertz CT molecular complexity index is 619. The molecule has 0 atom stereocenters. The fourth-order valence-electron chi connectivity index (χ4n) is 2.99. The standard InChI is InChI=1S/C21H29N3/c1-5-15-9-16(6-2)12-19(11-15)24(21(22)23)20-13-17(7-3)10-18(8-4)14-20/h9-14H,5-8H2,1-4H3,(H3,22,23). The predicted octanol–water partition coefficient (Wildman–Crippen LogP) is 4.97. The molecule has 0 spiro atoms. The summed E-state index contributed by atoms with van der Waals surface area (Å²) in [7, 11) is 0. The van der Waals surface area contributed by atoms with Gasteiger partial charge in [0.2, 0.25) is 0 Å². The van der Waals surface area contributed by atoms with Gasteiger partial charge in [-0.15, -0.1) is 0 Å². The lowest BCUT2D eigenvalue weighted by Crippen LogP contribution is -2.32. The van der Waals surface area contributed by atoms with Crippen LogP contribution in [0.1, 0.15) is 49.9 Å². The molecule has 0 amide bonds. The predicted molar refractivity (Wildman–Crippen MR) is 104 cm³/mol. The van der Waals surface area contributed by atoms with E-state index in [-0.39, 0.29) is 5.96 Å². The van der Waals surface area contributed by atoms with E-state index < -0.39 is 0 Å². The highest BCUT2D eigenvalue weighted by atomic mass is 15.2. The van der Waals surface area contributed by atoms with Crippen LogP contribution >= 0.6 is 0 Å². The number of nitrogens with two attached hydrogens (primary N) is 1. The van der Waals surface area contributed by atoms with Crippen molar-refractivity contribution >= 4 is 17.3 Å². The van der Waals surface area contributed by atoms with Crippen LogP contribution in [0.15, 0.2) is 36.4 Å². The summed E-state index contributed by atoms with van der Waals surface area (Å²) in [5.41, 5.74) is 13.0. The Labute approximate surface area is 146 Å². The van der Waals surface area contributed by atoms with E-state index in [2.05, 4.69) is 64.1 Å². The average Bonchev–Trinajstić information content (AvgIpc) is 2.60. The van der Waals surface area contributed by atoms with E-state index in [1.807, 2.05) is 4.90 Å². The summed E-state index contributed by atoms with van der Waals surface area (Å²) in [4.78, 5) is 1.86. The monoisotopic (exact) mass is 323 g/mol. The molecule has 0 aliphatic heterocycles. The largest absolute Gasteiger partial charge is 0.369 e. The fourth-order valence-corrected chi connectivity index (χ4v) is 2.99. The van der Waals surface area contributed by atoms with E-state index in [0.29, 0.717) is 0 Å². The van der Waals surface area contributed by atoms with Gasteiger partial charge in [-0.2, -0.15) is 0 Å². The highest BCUT2D eigenvalue weighted by Crippen LogP contribution is 2.29. The summed E-state index contributed by atoms with van der Waals surface area (Å²) in [5.74, 6) is 0.0561. The smallest absolute Gasteiger partial charge is 0.197 e. The summed E-state index contributed by atoms with van der Waals surface area (Å²) < 4.78 is 0. The van der Waals surface area contributed by atoms with Gasteiger partial charge in [-0.1, -0.05) is 39.8 Å². The number of nitrogens with zero attached hydrogens (tertiary/aromatic N) is 1. The summed E-state index contributed by atoms with van der Waals surface area (Å²) in [6.45, 7) is 8.63. The highest BCUT2D eigenvalue weighted by molar-refractivity contribution is 6.00. The lowest BCUT2D eigenvalue weighted by atomic mass is 10.0. The first-order valence-electron chi connectivity index (χ1n) is 8.92. The first kappa shape index (κ1) is 18.1. The Balaban J connectivity index is 2.60. The van der Waals surface area contributed by atoms with E-state index in [1.165, 1.54) is 22.3 Å². The van der Waals surface area contributed by atoms with Gasteiger partial charge < -0.3 is 5.73 Å². The summed E-state index contributed by atoms with van der Waals surface area (Å²) in [6, 6.07) is 13.1. The van der Waals surface area contributed by atoms with Gasteiger partial charge >= 0.3 is 0 Å². The van der Waals surface area contributed by atoms with Crippen molar-refractivity contribution in [3.8, 4) is 0 Å². The van der Waals surface area contributed by atoms with E-state index in [4.69, 9.17) is 11.1 Å². The van der Waals surface area contributed by atoms with E-state index in [9.17, 15) is 0 Å². The fraction of sp³-hybridized carbons (Fsp3) is 0.381. The van der Waals surface area contributed by atoms with E-state index >= 15 is 0 Å². The van der Waals surface area contributed by atoms with Gasteiger partial charge in [-0.3, -0.25) is 10.3 Å². The quantitative estimate of drug-likeness (QED) is 0.582. The third-order valence-corrected chi connectivity index (χ3v) is 4.46. The van der Waals surface area contributed by atoms with Crippen molar-refractivity contribution in [2.75, 3.05) is 4.90 Å². The number of aryl methyl sites for hydroxylation is 4. The van der Waals surface area contributed by atoms with Gasteiger partial charge in [0.05, 0.1) is 0 Å². The second-order valence-electron chi connectivity index (χ2n) is 6.15. The van der Waals surface area contributed by atoms with Crippen LogP contribution in [0.25, 0.3) is 0 Å². The van der Waals surface area contributed by atoms with Crippen molar-refractivity contribution in [2.24, 2.45) is 5.73 Å². The third kappa shape index (κ3) is 3.97. The van der Waals surface area contributed by atoms with Gasteiger partial charge in [0.25, 0.3) is 0 Å². The second kappa shape index (κ2) is 8.00. The van der Waals surface area contributed by atoms with Gasteiger partial charge in [0.1, 0.15) is 0 Å². The van der Waals surface area contributed by atoms with Gasteiger partial charge in [-0.25, -0.2) is 0 Å². The van der Waals surface area contributed by atoms with Gasteiger partial charge in [-0.05, 0) is 72.2 Å². The van der Waals surface area contributed by atoms with Crippen molar-refractivity contribution in [3.63, 3.8) is 0 Å². The SMILES string of the molecule is CCc1cc(CC)cc(N(C(=N)N)c2cc(CC)cc(CC)c2)c1. The Kier molecular flexibility index (Phi) is 6.02. The first-order valence-corrected chi connectivity index (χ1v) is 8.92. The number of benzene rings is 2. The molecule has 0 aromatic heterocycles. The Morgan fingerprint density at radius 3 is 1.21 bits per heavy atom. The van der Waals surface area contributed by atoms with Crippen molar-refractivity contribution < 1.29 is 0 Å². The van der Waals surface area contributed by atoms with Gasteiger partial charge in [0, 0.05) is 11.4 Å². The first-order chi connectivity index (χ1) is 11.5. The van der Waals surface area contributed by atoms with Crippen LogP contribution in [0.5, 0.6) is 0 Å². The van der Waals surface area contributed by atoms with Crippen LogP contribution in [0.3, 0.4) is 0 Å². The number of hydrogen-bond acceptors (Lipinski definition) is 1. The normalized spacial score (nSPS) is 10.7. The zero-order chi connectivity index (χ0) is 17.7. The molecule has 0 saturated carbocycles. The minimum absolute atomic E-state index is 0.0561. The van der Waals surface area contributed by atoms with Crippen molar-refractivity contribution in [1.29, 1.82) is 5.41 Å². The van der Waals surface area contributed by atoms with Gasteiger partial charge in [0.15, 0.2) is 5.96 Å².